The summed E-state index contributed by atoms with van der Waals surface area (Å²) in [5.74, 6) is -0.000752. The molecule has 112 valence electrons. The Morgan fingerprint density at radius 1 is 1.29 bits per heavy atom. The summed E-state index contributed by atoms with van der Waals surface area (Å²) >= 11 is 3.40. The monoisotopic (exact) mass is 323 g/mol. The second-order valence-corrected chi connectivity index (χ2v) is 8.28. The second-order valence-electron chi connectivity index (χ2n) is 5.59. The molecule has 2 aliphatic rings. The van der Waals surface area contributed by atoms with Gasteiger partial charge in [0.25, 0.3) is 0 Å². The van der Waals surface area contributed by atoms with Gasteiger partial charge in [0.2, 0.25) is 0 Å². The first-order valence-electron chi connectivity index (χ1n) is 6.81. The van der Waals surface area contributed by atoms with Crippen molar-refractivity contribution in [2.75, 3.05) is 5.75 Å². The summed E-state index contributed by atoms with van der Waals surface area (Å²) in [7, 11) is 0. The van der Waals surface area contributed by atoms with Crippen molar-refractivity contribution >= 4 is 23.5 Å². The van der Waals surface area contributed by atoms with Gasteiger partial charge in [0, 0.05) is 10.6 Å². The lowest BCUT2D eigenvalue weighted by molar-refractivity contribution is -0.152. The van der Waals surface area contributed by atoms with Gasteiger partial charge in [-0.25, -0.2) is 0 Å². The first-order chi connectivity index (χ1) is 9.98. The van der Waals surface area contributed by atoms with Gasteiger partial charge < -0.3 is 14.6 Å². The van der Waals surface area contributed by atoms with Gasteiger partial charge in [-0.3, -0.25) is 0 Å². The number of aliphatic hydroxyl groups is 1. The van der Waals surface area contributed by atoms with E-state index in [-0.39, 0.29) is 16.8 Å². The molecule has 1 aromatic rings. The van der Waals surface area contributed by atoms with Crippen LogP contribution < -0.4 is 0 Å². The molecule has 0 amide bonds. The Kier molecular flexibility index (Phi) is 4.21. The van der Waals surface area contributed by atoms with Gasteiger partial charge >= 0.3 is 0 Å². The van der Waals surface area contributed by atoms with E-state index in [2.05, 4.69) is 6.07 Å². The molecule has 3 rings (SSSR count). The van der Waals surface area contributed by atoms with E-state index in [4.69, 9.17) is 14.7 Å². The van der Waals surface area contributed by atoms with E-state index >= 15 is 0 Å². The molecular weight excluding hydrogens is 306 g/mol. The molecule has 0 aromatic heterocycles. The summed E-state index contributed by atoms with van der Waals surface area (Å²) in [6, 6.07) is 9.65. The maximum Gasteiger partial charge on any atom is 0.163 e. The molecule has 0 spiro atoms. The third kappa shape index (κ3) is 3.22. The Bertz CT molecular complexity index is 555. The van der Waals surface area contributed by atoms with Gasteiger partial charge in [0.15, 0.2) is 5.79 Å². The molecule has 1 N–H and O–H groups in total. The summed E-state index contributed by atoms with van der Waals surface area (Å²) in [6.45, 7) is 3.76. The zero-order valence-electron chi connectivity index (χ0n) is 11.9. The van der Waals surface area contributed by atoms with E-state index in [0.29, 0.717) is 11.3 Å². The fraction of sp³-hybridized carbons (Fsp3) is 0.533. The van der Waals surface area contributed by atoms with Gasteiger partial charge in [-0.15, -0.1) is 23.5 Å². The second kappa shape index (κ2) is 5.82. The van der Waals surface area contributed by atoms with Crippen LogP contribution >= 0.6 is 23.5 Å². The topological polar surface area (TPSA) is 62.5 Å². The number of aliphatic hydroxyl groups excluding tert-OH is 1. The predicted octanol–water partition coefficient (Wildman–Crippen LogP) is 2.60. The van der Waals surface area contributed by atoms with E-state index in [1.807, 2.05) is 38.1 Å². The largest absolute Gasteiger partial charge is 0.389 e. The third-order valence-electron chi connectivity index (χ3n) is 3.48. The molecule has 2 aliphatic heterocycles. The van der Waals surface area contributed by atoms with Crippen LogP contribution in [0.15, 0.2) is 29.2 Å². The van der Waals surface area contributed by atoms with Crippen LogP contribution in [0.3, 0.4) is 0 Å². The summed E-state index contributed by atoms with van der Waals surface area (Å²) < 4.78 is 12.0. The van der Waals surface area contributed by atoms with Gasteiger partial charge in [0.1, 0.15) is 12.2 Å². The van der Waals surface area contributed by atoms with Crippen molar-refractivity contribution in [3.05, 3.63) is 29.8 Å². The molecular formula is C15H17NO3S2. The van der Waals surface area contributed by atoms with Crippen molar-refractivity contribution in [1.29, 1.82) is 5.26 Å². The predicted molar refractivity (Wildman–Crippen MR) is 83.1 cm³/mol. The third-order valence-corrected chi connectivity index (χ3v) is 6.35. The Balaban J connectivity index is 1.74. The first-order valence-corrected chi connectivity index (χ1v) is 8.73. The maximum atomic E-state index is 10.1. The lowest BCUT2D eigenvalue weighted by Crippen LogP contribution is -2.45. The number of thioether (sulfide) groups is 2. The lowest BCUT2D eigenvalue weighted by Gasteiger charge is -2.33. The Labute approximate surface area is 132 Å². The molecule has 2 heterocycles. The van der Waals surface area contributed by atoms with Crippen LogP contribution in [0.25, 0.3) is 0 Å². The van der Waals surface area contributed by atoms with Gasteiger partial charge in [-0.1, -0.05) is 0 Å². The minimum Gasteiger partial charge on any atom is -0.389 e. The van der Waals surface area contributed by atoms with Gasteiger partial charge in [-0.05, 0) is 38.1 Å². The van der Waals surface area contributed by atoms with E-state index in [1.54, 1.807) is 23.5 Å². The van der Waals surface area contributed by atoms with Gasteiger partial charge in [0.05, 0.1) is 22.3 Å². The quantitative estimate of drug-likeness (QED) is 0.902. The van der Waals surface area contributed by atoms with Crippen molar-refractivity contribution in [3.8, 4) is 6.07 Å². The molecule has 0 bridgehead atoms. The van der Waals surface area contributed by atoms with Crippen LogP contribution in [0.2, 0.25) is 0 Å². The molecule has 1 aromatic carbocycles. The molecule has 2 saturated heterocycles. The normalized spacial score (nSPS) is 34.2. The average molecular weight is 323 g/mol. The van der Waals surface area contributed by atoms with Gasteiger partial charge in [-0.2, -0.15) is 5.26 Å². The van der Waals surface area contributed by atoms with Crippen LogP contribution in [0.1, 0.15) is 19.4 Å². The summed E-state index contributed by atoms with van der Waals surface area (Å²) in [5.41, 5.74) is 0.658. The SMILES string of the molecule is CC1(C)O[C@@H]2[C@@H](O1)[C@H](Sc1ccc(C#N)cc1)SC[C@H]2O. The zero-order valence-corrected chi connectivity index (χ0v) is 13.5. The van der Waals surface area contributed by atoms with E-state index in [0.717, 1.165) is 4.90 Å². The summed E-state index contributed by atoms with van der Waals surface area (Å²) in [5, 5.41) is 18.9. The number of hydrogen-bond acceptors (Lipinski definition) is 6. The Morgan fingerprint density at radius 2 is 1.95 bits per heavy atom. The van der Waals surface area contributed by atoms with Crippen LogP contribution in [-0.2, 0) is 9.47 Å². The first kappa shape index (κ1) is 15.2. The van der Waals surface area contributed by atoms with E-state index < -0.39 is 11.9 Å². The molecule has 4 nitrogen and oxygen atoms in total. The van der Waals surface area contributed by atoms with Crippen LogP contribution in [0.5, 0.6) is 0 Å². The standard InChI is InChI=1S/C15H17NO3S2/c1-15(2)18-12-11(17)8-20-14(13(12)19-15)21-10-5-3-9(7-16)4-6-10/h3-6,11-14,17H,8H2,1-2H3/t11-,12+,13-,14+/m1/s1. The Morgan fingerprint density at radius 3 is 2.62 bits per heavy atom. The maximum absolute atomic E-state index is 10.1. The minimum atomic E-state index is -0.648. The van der Waals surface area contributed by atoms with Crippen molar-refractivity contribution in [2.45, 2.75) is 47.4 Å². The highest BCUT2D eigenvalue weighted by molar-refractivity contribution is 8.17. The number of rotatable bonds is 2. The number of nitriles is 1. The van der Waals surface area contributed by atoms with Crippen LogP contribution in [-0.4, -0.2) is 39.5 Å². The molecule has 0 unspecified atom stereocenters. The average Bonchev–Trinajstić information content (AvgIpc) is 2.79. The zero-order chi connectivity index (χ0) is 15.0. The fourth-order valence-corrected chi connectivity index (χ4v) is 5.28. The molecule has 21 heavy (non-hydrogen) atoms. The fourth-order valence-electron chi connectivity index (χ4n) is 2.55. The highest BCUT2D eigenvalue weighted by Crippen LogP contribution is 2.46. The van der Waals surface area contributed by atoms with E-state index in [9.17, 15) is 5.11 Å². The number of fused-ring (bicyclic) bond motifs is 1. The van der Waals surface area contributed by atoms with Crippen LogP contribution in [0, 0.1) is 11.3 Å². The van der Waals surface area contributed by atoms with E-state index in [1.165, 1.54) is 0 Å². The number of nitrogens with zero attached hydrogens (tertiary/aromatic N) is 1. The number of hydrogen-bond donors (Lipinski definition) is 1. The smallest absolute Gasteiger partial charge is 0.163 e. The molecule has 0 aliphatic carbocycles. The highest BCUT2D eigenvalue weighted by atomic mass is 32.2. The van der Waals surface area contributed by atoms with Crippen molar-refractivity contribution < 1.29 is 14.6 Å². The van der Waals surface area contributed by atoms with Crippen LogP contribution in [0.4, 0.5) is 0 Å². The lowest BCUT2D eigenvalue weighted by atomic mass is 10.1. The number of ether oxygens (including phenoxy) is 2. The molecule has 0 radical (unpaired) electrons. The summed E-state index contributed by atoms with van der Waals surface area (Å²) in [4.78, 5) is 1.09. The molecule has 0 saturated carbocycles. The van der Waals surface area contributed by atoms with Crippen molar-refractivity contribution in [3.63, 3.8) is 0 Å². The molecule has 4 atom stereocenters. The van der Waals surface area contributed by atoms with Crippen molar-refractivity contribution in [2.24, 2.45) is 0 Å². The highest BCUT2D eigenvalue weighted by Gasteiger charge is 2.51. The molecule has 2 fully saturated rings. The Hall–Kier alpha value is -0.710. The minimum absolute atomic E-state index is 0.130. The van der Waals surface area contributed by atoms with Crippen molar-refractivity contribution in [1.82, 2.24) is 0 Å². The number of benzene rings is 1. The molecule has 6 heteroatoms. The summed E-state index contributed by atoms with van der Waals surface area (Å²) in [6.07, 6.45) is -0.883.